The van der Waals surface area contributed by atoms with Gasteiger partial charge < -0.3 is 20.3 Å². The van der Waals surface area contributed by atoms with E-state index in [0.29, 0.717) is 24.6 Å². The van der Waals surface area contributed by atoms with E-state index in [2.05, 4.69) is 10.6 Å². The molecule has 25 heavy (non-hydrogen) atoms. The summed E-state index contributed by atoms with van der Waals surface area (Å²) in [5.74, 6) is -0.0578. The average Bonchev–Trinajstić information content (AvgIpc) is 3.32. The number of likely N-dealkylation sites (tertiary alicyclic amines) is 1. The molecule has 2 aliphatic rings. The summed E-state index contributed by atoms with van der Waals surface area (Å²) in [6.07, 6.45) is 3.59. The van der Waals surface area contributed by atoms with Crippen LogP contribution < -0.4 is 10.6 Å². The lowest BCUT2D eigenvalue weighted by Gasteiger charge is -2.37. The third kappa shape index (κ3) is 4.22. The average molecular weight is 365 g/mol. The van der Waals surface area contributed by atoms with Gasteiger partial charge in [0.15, 0.2) is 0 Å². The zero-order valence-electron chi connectivity index (χ0n) is 14.8. The molecule has 0 radical (unpaired) electrons. The van der Waals surface area contributed by atoms with Crippen molar-refractivity contribution in [3.05, 3.63) is 22.4 Å². The maximum atomic E-state index is 12.8. The normalized spacial score (nSPS) is 22.8. The first-order valence-corrected chi connectivity index (χ1v) is 9.85. The summed E-state index contributed by atoms with van der Waals surface area (Å²) in [7, 11) is 1.71. The molecule has 0 bridgehead atoms. The van der Waals surface area contributed by atoms with Crippen LogP contribution in [0.4, 0.5) is 0 Å². The van der Waals surface area contributed by atoms with Crippen molar-refractivity contribution in [3.8, 4) is 0 Å². The van der Waals surface area contributed by atoms with Gasteiger partial charge in [0.25, 0.3) is 5.91 Å². The lowest BCUT2D eigenvalue weighted by Crippen LogP contribution is -2.51. The zero-order chi connectivity index (χ0) is 17.7. The van der Waals surface area contributed by atoms with E-state index in [0.717, 1.165) is 38.8 Å². The van der Waals surface area contributed by atoms with Gasteiger partial charge in [0, 0.05) is 25.6 Å². The highest BCUT2D eigenvalue weighted by atomic mass is 32.1. The first-order chi connectivity index (χ1) is 12.2. The molecule has 2 saturated heterocycles. The minimum atomic E-state index is -0.351. The number of carbonyl (C=O) groups excluding carboxylic acids is 2. The fourth-order valence-corrected chi connectivity index (χ4v) is 4.53. The van der Waals surface area contributed by atoms with Crippen molar-refractivity contribution in [1.29, 1.82) is 0 Å². The molecule has 6 nitrogen and oxygen atoms in total. The Morgan fingerprint density at radius 1 is 1.44 bits per heavy atom. The molecule has 0 spiro atoms. The molecule has 0 saturated carbocycles. The third-order valence-electron chi connectivity index (χ3n) is 5.30. The molecule has 1 unspecified atom stereocenters. The maximum absolute atomic E-state index is 12.8. The Balaban J connectivity index is 1.60. The number of rotatable bonds is 6. The summed E-state index contributed by atoms with van der Waals surface area (Å²) >= 11 is 1.43. The van der Waals surface area contributed by atoms with E-state index < -0.39 is 0 Å². The van der Waals surface area contributed by atoms with Gasteiger partial charge in [-0.05, 0) is 50.2 Å². The van der Waals surface area contributed by atoms with Gasteiger partial charge in [-0.25, -0.2) is 0 Å². The molecule has 2 aliphatic heterocycles. The number of nitrogens with zero attached hydrogens (tertiary/aromatic N) is 1. The van der Waals surface area contributed by atoms with Crippen molar-refractivity contribution in [3.63, 3.8) is 0 Å². The van der Waals surface area contributed by atoms with Crippen LogP contribution in [-0.4, -0.2) is 62.7 Å². The Hall–Kier alpha value is -1.44. The molecule has 0 aliphatic carbocycles. The van der Waals surface area contributed by atoms with Gasteiger partial charge in [0.2, 0.25) is 5.91 Å². The molecule has 1 aromatic rings. The number of piperidine rings is 1. The molecular formula is C18H27N3O3S. The lowest BCUT2D eigenvalue weighted by molar-refractivity contribution is -0.125. The van der Waals surface area contributed by atoms with E-state index in [1.807, 2.05) is 17.5 Å². The van der Waals surface area contributed by atoms with Crippen LogP contribution >= 0.6 is 11.3 Å². The predicted octanol–water partition coefficient (Wildman–Crippen LogP) is 1.49. The van der Waals surface area contributed by atoms with Gasteiger partial charge in [-0.2, -0.15) is 0 Å². The number of methoxy groups -OCH3 is 1. The summed E-state index contributed by atoms with van der Waals surface area (Å²) in [6, 6.07) is 3.34. The van der Waals surface area contributed by atoms with Crippen LogP contribution in [0.25, 0.3) is 0 Å². The van der Waals surface area contributed by atoms with Gasteiger partial charge in [0.1, 0.15) is 6.04 Å². The number of thiophene rings is 1. The molecule has 3 heterocycles. The quantitative estimate of drug-likeness (QED) is 0.801. The molecular weight excluding hydrogens is 338 g/mol. The van der Waals surface area contributed by atoms with Gasteiger partial charge >= 0.3 is 0 Å². The van der Waals surface area contributed by atoms with E-state index in [1.165, 1.54) is 11.3 Å². The highest BCUT2D eigenvalue weighted by Crippen LogP contribution is 2.29. The molecule has 3 rings (SSSR count). The summed E-state index contributed by atoms with van der Waals surface area (Å²) in [5.41, 5.74) is -0.00312. The van der Waals surface area contributed by atoms with Crippen molar-refractivity contribution >= 4 is 23.2 Å². The number of nitrogens with one attached hydrogen (secondary N) is 2. The van der Waals surface area contributed by atoms with Gasteiger partial charge in [0.05, 0.1) is 11.5 Å². The smallest absolute Gasteiger partial charge is 0.264 e. The molecule has 1 atom stereocenters. The Labute approximate surface area is 152 Å². The summed E-state index contributed by atoms with van der Waals surface area (Å²) in [5, 5.41) is 8.36. The number of hydrogen-bond donors (Lipinski definition) is 2. The van der Waals surface area contributed by atoms with Crippen LogP contribution in [0, 0.1) is 5.41 Å². The number of amides is 2. The summed E-state index contributed by atoms with van der Waals surface area (Å²) in [4.78, 5) is 27.8. The van der Waals surface area contributed by atoms with Crippen LogP contribution in [0.3, 0.4) is 0 Å². The first-order valence-electron chi connectivity index (χ1n) is 8.97. The Morgan fingerprint density at radius 2 is 2.24 bits per heavy atom. The molecule has 138 valence electrons. The van der Waals surface area contributed by atoms with E-state index >= 15 is 0 Å². The molecule has 0 aromatic carbocycles. The SMILES string of the molecule is COCC1(CNC(=O)C2CCCN2C(=O)c2cccs2)CCNCC1. The van der Waals surface area contributed by atoms with Crippen LogP contribution in [0.1, 0.15) is 35.4 Å². The van der Waals surface area contributed by atoms with Crippen LogP contribution in [0.2, 0.25) is 0 Å². The molecule has 7 heteroatoms. The summed E-state index contributed by atoms with van der Waals surface area (Å²) in [6.45, 7) is 3.82. The molecule has 2 N–H and O–H groups in total. The Bertz CT molecular complexity index is 579. The van der Waals surface area contributed by atoms with E-state index in [4.69, 9.17) is 4.74 Å². The van der Waals surface area contributed by atoms with Crippen molar-refractivity contribution in [2.75, 3.05) is 39.9 Å². The minimum absolute atomic E-state index is 0.00312. The molecule has 2 fully saturated rings. The van der Waals surface area contributed by atoms with E-state index in [-0.39, 0.29) is 23.3 Å². The van der Waals surface area contributed by atoms with Crippen molar-refractivity contribution in [2.45, 2.75) is 31.7 Å². The van der Waals surface area contributed by atoms with E-state index in [9.17, 15) is 9.59 Å². The van der Waals surface area contributed by atoms with E-state index in [1.54, 1.807) is 12.0 Å². The largest absolute Gasteiger partial charge is 0.384 e. The molecule has 2 amide bonds. The van der Waals surface area contributed by atoms with Gasteiger partial charge in [-0.1, -0.05) is 6.07 Å². The Kier molecular flexibility index (Phi) is 6.09. The second-order valence-electron chi connectivity index (χ2n) is 7.03. The fourth-order valence-electron chi connectivity index (χ4n) is 3.85. The molecule has 1 aromatic heterocycles. The van der Waals surface area contributed by atoms with Crippen molar-refractivity contribution in [2.24, 2.45) is 5.41 Å². The lowest BCUT2D eigenvalue weighted by atomic mass is 9.79. The Morgan fingerprint density at radius 3 is 2.92 bits per heavy atom. The predicted molar refractivity (Wildman–Crippen MR) is 97.8 cm³/mol. The van der Waals surface area contributed by atoms with Gasteiger partial charge in [-0.15, -0.1) is 11.3 Å². The second-order valence-corrected chi connectivity index (χ2v) is 7.98. The van der Waals surface area contributed by atoms with Crippen LogP contribution in [-0.2, 0) is 9.53 Å². The standard InChI is InChI=1S/C18H27N3O3S/c1-24-13-18(6-8-19-9-7-18)12-20-16(22)14-4-2-10-21(14)17(23)15-5-3-11-25-15/h3,5,11,14,19H,2,4,6-10,12-13H2,1H3,(H,20,22). The van der Waals surface area contributed by atoms with Crippen LogP contribution in [0.15, 0.2) is 17.5 Å². The highest BCUT2D eigenvalue weighted by Gasteiger charge is 2.37. The first kappa shape index (κ1) is 18.4. The highest BCUT2D eigenvalue weighted by molar-refractivity contribution is 7.12. The zero-order valence-corrected chi connectivity index (χ0v) is 15.6. The fraction of sp³-hybridized carbons (Fsp3) is 0.667. The number of hydrogen-bond acceptors (Lipinski definition) is 5. The number of ether oxygens (including phenoxy) is 1. The van der Waals surface area contributed by atoms with Crippen LogP contribution in [0.5, 0.6) is 0 Å². The van der Waals surface area contributed by atoms with Gasteiger partial charge in [-0.3, -0.25) is 9.59 Å². The third-order valence-corrected chi connectivity index (χ3v) is 6.16. The van der Waals surface area contributed by atoms with Crippen molar-refractivity contribution in [1.82, 2.24) is 15.5 Å². The monoisotopic (exact) mass is 365 g/mol. The van der Waals surface area contributed by atoms with Crippen molar-refractivity contribution < 1.29 is 14.3 Å². The topological polar surface area (TPSA) is 70.7 Å². The summed E-state index contributed by atoms with van der Waals surface area (Å²) < 4.78 is 5.41. The second kappa shape index (κ2) is 8.29. The maximum Gasteiger partial charge on any atom is 0.264 e. The number of carbonyl (C=O) groups is 2. The minimum Gasteiger partial charge on any atom is -0.384 e.